The maximum Gasteiger partial charge on any atom is 0.337 e. The van der Waals surface area contributed by atoms with Crippen molar-refractivity contribution in [3.8, 4) is 0 Å². The molecule has 2 rings (SSSR count). The van der Waals surface area contributed by atoms with Crippen LogP contribution in [-0.4, -0.2) is 18.1 Å². The van der Waals surface area contributed by atoms with Crippen LogP contribution in [0.25, 0.3) is 10.9 Å². The molecule has 0 bridgehead atoms. The summed E-state index contributed by atoms with van der Waals surface area (Å²) in [5.74, 6) is -0.275. The highest BCUT2D eigenvalue weighted by molar-refractivity contribution is 5.96. The predicted octanol–water partition coefficient (Wildman–Crippen LogP) is 3.86. The number of benzene rings is 1. The molecule has 0 saturated carbocycles. The summed E-state index contributed by atoms with van der Waals surface area (Å²) in [5, 5.41) is 1.16. The van der Waals surface area contributed by atoms with Crippen molar-refractivity contribution in [3.63, 3.8) is 0 Å². The summed E-state index contributed by atoms with van der Waals surface area (Å²) >= 11 is 0. The second-order valence-electron chi connectivity index (χ2n) is 4.83. The van der Waals surface area contributed by atoms with E-state index < -0.39 is 0 Å². The van der Waals surface area contributed by atoms with Crippen molar-refractivity contribution in [2.24, 2.45) is 0 Å². The lowest BCUT2D eigenvalue weighted by molar-refractivity contribution is 0.0601. The summed E-state index contributed by atoms with van der Waals surface area (Å²) in [6, 6.07) is 5.73. The van der Waals surface area contributed by atoms with Gasteiger partial charge >= 0.3 is 5.97 Å². The SMILES string of the molecule is CCCc1[nH]c2ccc(C(=O)OC)cc2c1CCC. The van der Waals surface area contributed by atoms with Gasteiger partial charge in [0.15, 0.2) is 0 Å². The molecular formula is C16H21NO2. The minimum Gasteiger partial charge on any atom is -0.465 e. The summed E-state index contributed by atoms with van der Waals surface area (Å²) < 4.78 is 4.79. The fourth-order valence-electron chi connectivity index (χ4n) is 2.55. The maximum atomic E-state index is 11.6. The van der Waals surface area contributed by atoms with Gasteiger partial charge in [-0.1, -0.05) is 26.7 Å². The van der Waals surface area contributed by atoms with Crippen LogP contribution in [-0.2, 0) is 17.6 Å². The van der Waals surface area contributed by atoms with E-state index in [1.807, 2.05) is 18.2 Å². The molecule has 1 aromatic heterocycles. The third kappa shape index (κ3) is 2.65. The quantitative estimate of drug-likeness (QED) is 0.828. The topological polar surface area (TPSA) is 42.1 Å². The molecule has 102 valence electrons. The maximum absolute atomic E-state index is 11.6. The molecule has 2 aromatic rings. The van der Waals surface area contributed by atoms with Crippen molar-refractivity contribution in [2.75, 3.05) is 7.11 Å². The molecule has 0 atom stereocenters. The lowest BCUT2D eigenvalue weighted by atomic mass is 10.0. The summed E-state index contributed by atoms with van der Waals surface area (Å²) in [6.45, 7) is 4.36. The Labute approximate surface area is 114 Å². The number of ether oxygens (including phenoxy) is 1. The zero-order chi connectivity index (χ0) is 13.8. The van der Waals surface area contributed by atoms with E-state index in [2.05, 4.69) is 18.8 Å². The molecule has 19 heavy (non-hydrogen) atoms. The van der Waals surface area contributed by atoms with Crippen LogP contribution >= 0.6 is 0 Å². The summed E-state index contributed by atoms with van der Waals surface area (Å²) in [5.41, 5.74) is 4.39. The first kappa shape index (κ1) is 13.7. The van der Waals surface area contributed by atoms with Crippen molar-refractivity contribution >= 4 is 16.9 Å². The molecule has 0 saturated heterocycles. The Balaban J connectivity index is 2.55. The molecule has 0 spiro atoms. The lowest BCUT2D eigenvalue weighted by Crippen LogP contribution is -2.00. The first-order chi connectivity index (χ1) is 9.21. The van der Waals surface area contributed by atoms with Crippen molar-refractivity contribution in [1.29, 1.82) is 0 Å². The first-order valence-corrected chi connectivity index (χ1v) is 6.93. The van der Waals surface area contributed by atoms with Crippen LogP contribution in [0.1, 0.15) is 48.3 Å². The molecule has 0 amide bonds. The lowest BCUT2D eigenvalue weighted by Gasteiger charge is -2.03. The van der Waals surface area contributed by atoms with Crippen molar-refractivity contribution in [1.82, 2.24) is 4.98 Å². The monoisotopic (exact) mass is 259 g/mol. The van der Waals surface area contributed by atoms with Gasteiger partial charge in [0.1, 0.15) is 0 Å². The zero-order valence-corrected chi connectivity index (χ0v) is 11.9. The van der Waals surface area contributed by atoms with E-state index in [1.165, 1.54) is 18.4 Å². The van der Waals surface area contributed by atoms with Gasteiger partial charge in [-0.15, -0.1) is 0 Å². The van der Waals surface area contributed by atoms with Gasteiger partial charge in [-0.2, -0.15) is 0 Å². The van der Waals surface area contributed by atoms with Crippen LogP contribution in [0, 0.1) is 0 Å². The molecule has 0 radical (unpaired) electrons. The fourth-order valence-corrected chi connectivity index (χ4v) is 2.55. The van der Waals surface area contributed by atoms with E-state index >= 15 is 0 Å². The standard InChI is InChI=1S/C16H21NO2/c1-4-6-12-13-10-11(16(18)19-3)8-9-15(13)17-14(12)7-5-2/h8-10,17H,4-7H2,1-3H3. The summed E-state index contributed by atoms with van der Waals surface area (Å²) in [7, 11) is 1.42. The third-order valence-corrected chi connectivity index (χ3v) is 3.42. The Morgan fingerprint density at radius 2 is 1.95 bits per heavy atom. The van der Waals surface area contributed by atoms with Crippen LogP contribution < -0.4 is 0 Å². The minimum absolute atomic E-state index is 0.275. The number of methoxy groups -OCH3 is 1. The number of nitrogens with one attached hydrogen (secondary N) is 1. The van der Waals surface area contributed by atoms with E-state index in [0.717, 1.165) is 36.6 Å². The molecule has 0 aliphatic carbocycles. The number of esters is 1. The normalized spacial score (nSPS) is 10.9. The van der Waals surface area contributed by atoms with Crippen LogP contribution in [0.2, 0.25) is 0 Å². The number of H-pyrrole nitrogens is 1. The smallest absolute Gasteiger partial charge is 0.337 e. The van der Waals surface area contributed by atoms with E-state index in [-0.39, 0.29) is 5.97 Å². The molecule has 1 heterocycles. The third-order valence-electron chi connectivity index (χ3n) is 3.42. The van der Waals surface area contributed by atoms with Crippen molar-refractivity contribution in [3.05, 3.63) is 35.0 Å². The number of aryl methyl sites for hydroxylation is 2. The van der Waals surface area contributed by atoms with Gasteiger partial charge in [-0.05, 0) is 36.6 Å². The second-order valence-corrected chi connectivity index (χ2v) is 4.83. The average Bonchev–Trinajstić information content (AvgIpc) is 2.76. The Hall–Kier alpha value is -1.77. The van der Waals surface area contributed by atoms with Crippen LogP contribution in [0.15, 0.2) is 18.2 Å². The summed E-state index contributed by atoms with van der Waals surface area (Å²) in [4.78, 5) is 15.1. The van der Waals surface area contributed by atoms with E-state index in [0.29, 0.717) is 5.56 Å². The van der Waals surface area contributed by atoms with Gasteiger partial charge in [0.25, 0.3) is 0 Å². The van der Waals surface area contributed by atoms with Crippen LogP contribution in [0.5, 0.6) is 0 Å². The Morgan fingerprint density at radius 1 is 1.21 bits per heavy atom. The molecule has 3 nitrogen and oxygen atoms in total. The number of hydrogen-bond donors (Lipinski definition) is 1. The Bertz CT molecular complexity index is 584. The number of aromatic nitrogens is 1. The molecule has 0 aliphatic rings. The molecule has 1 aromatic carbocycles. The molecule has 0 aliphatic heterocycles. The number of fused-ring (bicyclic) bond motifs is 1. The number of carbonyl (C=O) groups excluding carboxylic acids is 1. The van der Waals surface area contributed by atoms with Crippen LogP contribution in [0.4, 0.5) is 0 Å². The molecule has 3 heteroatoms. The van der Waals surface area contributed by atoms with Gasteiger partial charge in [0.2, 0.25) is 0 Å². The molecule has 0 fully saturated rings. The fraction of sp³-hybridized carbons (Fsp3) is 0.438. The largest absolute Gasteiger partial charge is 0.465 e. The Kier molecular flexibility index (Phi) is 4.25. The molecule has 0 unspecified atom stereocenters. The van der Waals surface area contributed by atoms with Crippen molar-refractivity contribution in [2.45, 2.75) is 39.5 Å². The minimum atomic E-state index is -0.275. The molecular weight excluding hydrogens is 238 g/mol. The number of rotatable bonds is 5. The highest BCUT2D eigenvalue weighted by Gasteiger charge is 2.13. The van der Waals surface area contributed by atoms with E-state index in [1.54, 1.807) is 0 Å². The highest BCUT2D eigenvalue weighted by Crippen LogP contribution is 2.26. The number of carbonyl (C=O) groups is 1. The van der Waals surface area contributed by atoms with Crippen LogP contribution in [0.3, 0.4) is 0 Å². The number of aromatic amines is 1. The number of hydrogen-bond acceptors (Lipinski definition) is 2. The van der Waals surface area contributed by atoms with Gasteiger partial charge < -0.3 is 9.72 Å². The van der Waals surface area contributed by atoms with Gasteiger partial charge in [0, 0.05) is 16.6 Å². The van der Waals surface area contributed by atoms with E-state index in [4.69, 9.17) is 4.74 Å². The highest BCUT2D eigenvalue weighted by atomic mass is 16.5. The average molecular weight is 259 g/mol. The zero-order valence-electron chi connectivity index (χ0n) is 11.9. The second kappa shape index (κ2) is 5.91. The van der Waals surface area contributed by atoms with Gasteiger partial charge in [0.05, 0.1) is 12.7 Å². The predicted molar refractivity (Wildman–Crippen MR) is 77.6 cm³/mol. The van der Waals surface area contributed by atoms with Crippen molar-refractivity contribution < 1.29 is 9.53 Å². The molecule has 1 N–H and O–H groups in total. The first-order valence-electron chi connectivity index (χ1n) is 6.93. The van der Waals surface area contributed by atoms with E-state index in [9.17, 15) is 4.79 Å². The van der Waals surface area contributed by atoms with Gasteiger partial charge in [-0.3, -0.25) is 0 Å². The van der Waals surface area contributed by atoms with Gasteiger partial charge in [-0.25, -0.2) is 4.79 Å². The summed E-state index contributed by atoms with van der Waals surface area (Å²) in [6.07, 6.45) is 4.32. The Morgan fingerprint density at radius 3 is 2.58 bits per heavy atom.